The van der Waals surface area contributed by atoms with Crippen LogP contribution in [0.15, 0.2) is 47.8 Å². The number of pyridine rings is 1. The SMILES string of the molecule is O=c1cnccn1CCN1CC(N2CCN(c3ccccn3)CC2)C1. The number of piperazine rings is 1. The van der Waals surface area contributed by atoms with Crippen molar-refractivity contribution in [2.45, 2.75) is 12.6 Å². The molecule has 0 radical (unpaired) electrons. The first-order valence-corrected chi connectivity index (χ1v) is 8.92. The first-order valence-electron chi connectivity index (χ1n) is 8.92. The van der Waals surface area contributed by atoms with Crippen LogP contribution >= 0.6 is 0 Å². The lowest BCUT2D eigenvalue weighted by atomic mass is 10.1. The van der Waals surface area contributed by atoms with Gasteiger partial charge in [-0.3, -0.25) is 19.6 Å². The maximum atomic E-state index is 11.7. The summed E-state index contributed by atoms with van der Waals surface area (Å²) in [6, 6.07) is 6.75. The average Bonchev–Trinajstić information content (AvgIpc) is 2.63. The molecule has 0 N–H and O–H groups in total. The van der Waals surface area contributed by atoms with E-state index in [2.05, 4.69) is 30.7 Å². The van der Waals surface area contributed by atoms with Crippen LogP contribution in [-0.4, -0.2) is 76.2 Å². The lowest BCUT2D eigenvalue weighted by molar-refractivity contribution is 0.0286. The molecule has 4 heterocycles. The highest BCUT2D eigenvalue weighted by Gasteiger charge is 2.33. The number of likely N-dealkylation sites (tertiary alicyclic amines) is 1. The summed E-state index contributed by atoms with van der Waals surface area (Å²) in [5.74, 6) is 1.08. The predicted octanol–water partition coefficient (Wildman–Crippen LogP) is 0.145. The summed E-state index contributed by atoms with van der Waals surface area (Å²) in [6.45, 7) is 8.14. The van der Waals surface area contributed by atoms with Crippen LogP contribution in [0.3, 0.4) is 0 Å². The molecule has 7 nitrogen and oxygen atoms in total. The molecular formula is C18H24N6O. The highest BCUT2D eigenvalue weighted by atomic mass is 16.1. The summed E-state index contributed by atoms with van der Waals surface area (Å²) in [4.78, 5) is 27.3. The average molecular weight is 340 g/mol. The molecule has 0 saturated carbocycles. The highest BCUT2D eigenvalue weighted by molar-refractivity contribution is 5.38. The van der Waals surface area contributed by atoms with E-state index in [-0.39, 0.29) is 5.56 Å². The van der Waals surface area contributed by atoms with E-state index >= 15 is 0 Å². The minimum absolute atomic E-state index is 0.0229. The van der Waals surface area contributed by atoms with Crippen molar-refractivity contribution in [3.8, 4) is 0 Å². The molecule has 2 fully saturated rings. The van der Waals surface area contributed by atoms with Crippen molar-refractivity contribution in [2.75, 3.05) is 50.7 Å². The zero-order chi connectivity index (χ0) is 17.1. The molecule has 2 saturated heterocycles. The van der Waals surface area contributed by atoms with E-state index in [1.165, 1.54) is 6.20 Å². The number of nitrogens with zero attached hydrogens (tertiary/aromatic N) is 6. The van der Waals surface area contributed by atoms with E-state index in [1.54, 1.807) is 17.0 Å². The number of anilines is 1. The van der Waals surface area contributed by atoms with Gasteiger partial charge in [0.2, 0.25) is 0 Å². The smallest absolute Gasteiger partial charge is 0.269 e. The second-order valence-electron chi connectivity index (χ2n) is 6.73. The van der Waals surface area contributed by atoms with Gasteiger partial charge in [0.1, 0.15) is 5.82 Å². The van der Waals surface area contributed by atoms with Crippen LogP contribution in [0.5, 0.6) is 0 Å². The molecule has 2 aromatic rings. The Morgan fingerprint density at radius 1 is 1.04 bits per heavy atom. The summed E-state index contributed by atoms with van der Waals surface area (Å²) in [5, 5.41) is 0. The molecule has 4 rings (SSSR count). The molecule has 0 aromatic carbocycles. The molecule has 0 atom stereocenters. The summed E-state index contributed by atoms with van der Waals surface area (Å²) < 4.78 is 1.73. The maximum absolute atomic E-state index is 11.7. The monoisotopic (exact) mass is 340 g/mol. The number of aromatic nitrogens is 3. The third-order valence-electron chi connectivity index (χ3n) is 5.20. The van der Waals surface area contributed by atoms with Crippen LogP contribution in [0, 0.1) is 0 Å². The number of hydrogen-bond donors (Lipinski definition) is 0. The van der Waals surface area contributed by atoms with Gasteiger partial charge < -0.3 is 9.47 Å². The second kappa shape index (κ2) is 7.33. The molecule has 132 valence electrons. The molecule has 2 aromatic heterocycles. The summed E-state index contributed by atoms with van der Waals surface area (Å²) in [7, 11) is 0. The summed E-state index contributed by atoms with van der Waals surface area (Å²) in [5.41, 5.74) is -0.0229. The van der Waals surface area contributed by atoms with Crippen molar-refractivity contribution >= 4 is 5.82 Å². The summed E-state index contributed by atoms with van der Waals surface area (Å²) in [6.07, 6.45) is 6.66. The van der Waals surface area contributed by atoms with Gasteiger partial charge in [0.15, 0.2) is 0 Å². The van der Waals surface area contributed by atoms with Crippen molar-refractivity contribution in [2.24, 2.45) is 0 Å². The van der Waals surface area contributed by atoms with E-state index < -0.39 is 0 Å². The van der Waals surface area contributed by atoms with Gasteiger partial charge in [-0.1, -0.05) is 6.07 Å². The minimum Gasteiger partial charge on any atom is -0.354 e. The lowest BCUT2D eigenvalue weighted by Gasteiger charge is -2.48. The van der Waals surface area contributed by atoms with Crippen molar-refractivity contribution in [3.63, 3.8) is 0 Å². The van der Waals surface area contributed by atoms with Crippen LogP contribution in [0.2, 0.25) is 0 Å². The Labute approximate surface area is 147 Å². The van der Waals surface area contributed by atoms with Crippen molar-refractivity contribution < 1.29 is 0 Å². The van der Waals surface area contributed by atoms with Gasteiger partial charge in [0, 0.05) is 77.0 Å². The van der Waals surface area contributed by atoms with Crippen LogP contribution in [0.1, 0.15) is 0 Å². The van der Waals surface area contributed by atoms with Gasteiger partial charge in [0.25, 0.3) is 5.56 Å². The number of hydrogen-bond acceptors (Lipinski definition) is 6. The molecule has 0 aliphatic carbocycles. The Hall–Kier alpha value is -2.25. The molecule has 0 amide bonds. The molecule has 2 aliphatic rings. The normalized spacial score (nSPS) is 19.8. The van der Waals surface area contributed by atoms with Gasteiger partial charge >= 0.3 is 0 Å². The van der Waals surface area contributed by atoms with Gasteiger partial charge in [-0.25, -0.2) is 4.98 Å². The first-order chi connectivity index (χ1) is 12.3. The quantitative estimate of drug-likeness (QED) is 0.772. The molecule has 0 bridgehead atoms. The van der Waals surface area contributed by atoms with E-state index in [4.69, 9.17) is 0 Å². The Balaban J connectivity index is 1.20. The van der Waals surface area contributed by atoms with Gasteiger partial charge in [-0.05, 0) is 12.1 Å². The van der Waals surface area contributed by atoms with Gasteiger partial charge in [-0.2, -0.15) is 0 Å². The zero-order valence-electron chi connectivity index (χ0n) is 14.4. The molecular weight excluding hydrogens is 316 g/mol. The van der Waals surface area contributed by atoms with Gasteiger partial charge in [-0.15, -0.1) is 0 Å². The highest BCUT2D eigenvalue weighted by Crippen LogP contribution is 2.19. The van der Waals surface area contributed by atoms with Gasteiger partial charge in [0.05, 0.1) is 6.20 Å². The fourth-order valence-electron chi connectivity index (χ4n) is 3.62. The van der Waals surface area contributed by atoms with Crippen molar-refractivity contribution in [1.82, 2.24) is 24.3 Å². The molecule has 0 spiro atoms. The molecule has 25 heavy (non-hydrogen) atoms. The number of rotatable bonds is 5. The van der Waals surface area contributed by atoms with E-state index in [9.17, 15) is 4.79 Å². The van der Waals surface area contributed by atoms with Crippen molar-refractivity contribution in [1.29, 1.82) is 0 Å². The predicted molar refractivity (Wildman–Crippen MR) is 96.7 cm³/mol. The van der Waals surface area contributed by atoms with E-state index in [1.807, 2.05) is 18.3 Å². The Kier molecular flexibility index (Phi) is 4.76. The van der Waals surface area contributed by atoms with Crippen LogP contribution in [-0.2, 0) is 6.54 Å². The topological polar surface area (TPSA) is 57.5 Å². The van der Waals surface area contributed by atoms with Crippen LogP contribution < -0.4 is 10.5 Å². The molecule has 7 heteroatoms. The fraction of sp³-hybridized carbons (Fsp3) is 0.500. The largest absolute Gasteiger partial charge is 0.354 e. The van der Waals surface area contributed by atoms with Crippen LogP contribution in [0.25, 0.3) is 0 Å². The Morgan fingerprint density at radius 2 is 1.88 bits per heavy atom. The first kappa shape index (κ1) is 16.2. The Bertz CT molecular complexity index is 734. The third kappa shape index (κ3) is 3.72. The second-order valence-corrected chi connectivity index (χ2v) is 6.73. The third-order valence-corrected chi connectivity index (χ3v) is 5.20. The Morgan fingerprint density at radius 3 is 2.60 bits per heavy atom. The lowest BCUT2D eigenvalue weighted by Crippen LogP contribution is -2.63. The zero-order valence-corrected chi connectivity index (χ0v) is 14.4. The molecule has 2 aliphatic heterocycles. The van der Waals surface area contributed by atoms with E-state index in [0.29, 0.717) is 6.04 Å². The summed E-state index contributed by atoms with van der Waals surface area (Å²) >= 11 is 0. The minimum atomic E-state index is -0.0229. The molecule has 0 unspecified atom stereocenters. The standard InChI is InChI=1S/C18H24N6O/c25-18-13-19-5-6-24(18)8-7-21-14-16(15-21)22-9-11-23(12-10-22)17-3-1-2-4-20-17/h1-6,13,16H,7-12,14-15H2. The van der Waals surface area contributed by atoms with Crippen molar-refractivity contribution in [3.05, 3.63) is 53.3 Å². The van der Waals surface area contributed by atoms with E-state index in [0.717, 1.165) is 58.2 Å². The fourth-order valence-corrected chi connectivity index (χ4v) is 3.62. The van der Waals surface area contributed by atoms with Crippen LogP contribution in [0.4, 0.5) is 5.82 Å². The maximum Gasteiger partial charge on any atom is 0.269 e.